The summed E-state index contributed by atoms with van der Waals surface area (Å²) in [5, 5.41) is 0. The van der Waals surface area contributed by atoms with Crippen LogP contribution in [0.1, 0.15) is 43.1 Å². The lowest BCUT2D eigenvalue weighted by atomic mass is 10.0. The molecule has 0 saturated carbocycles. The summed E-state index contributed by atoms with van der Waals surface area (Å²) in [7, 11) is 0. The Morgan fingerprint density at radius 2 is 1.58 bits per heavy atom. The second-order valence-corrected chi connectivity index (χ2v) is 6.95. The maximum atomic E-state index is 12.8. The van der Waals surface area contributed by atoms with Gasteiger partial charge in [0.2, 0.25) is 5.75 Å². The molecule has 0 radical (unpaired) electrons. The van der Waals surface area contributed by atoms with Crippen molar-refractivity contribution in [3.8, 4) is 17.2 Å². The maximum Gasteiger partial charge on any atom is 0.338 e. The van der Waals surface area contributed by atoms with Crippen molar-refractivity contribution in [3.05, 3.63) is 47.5 Å². The van der Waals surface area contributed by atoms with Gasteiger partial charge in [0.15, 0.2) is 18.1 Å². The number of nitrogens with zero attached hydrogens (tertiary/aromatic N) is 1. The number of esters is 1. The summed E-state index contributed by atoms with van der Waals surface area (Å²) < 4.78 is 22.3. The predicted molar refractivity (Wildman–Crippen MR) is 117 cm³/mol. The molecule has 0 atom stereocenters. The molecular formula is C24H29NO6. The summed E-state index contributed by atoms with van der Waals surface area (Å²) in [6, 6.07) is 10.9. The Morgan fingerprint density at radius 3 is 2.23 bits per heavy atom. The molecule has 0 bridgehead atoms. The number of para-hydroxylation sites is 1. The molecule has 1 heterocycles. The summed E-state index contributed by atoms with van der Waals surface area (Å²) in [4.78, 5) is 27.2. The van der Waals surface area contributed by atoms with Crippen LogP contribution in [0.5, 0.6) is 17.2 Å². The van der Waals surface area contributed by atoms with Gasteiger partial charge in [-0.15, -0.1) is 0 Å². The Bertz CT molecular complexity index is 899. The van der Waals surface area contributed by atoms with Crippen LogP contribution in [0.2, 0.25) is 0 Å². The van der Waals surface area contributed by atoms with E-state index >= 15 is 0 Å². The standard InChI is InChI=1S/C24H29NO6/c1-4-28-20-14-18(15-21(29-5-2)23(20)30-6-3)24(27)31-16-22(26)25-13-9-11-17-10-7-8-12-19(17)25/h7-8,10,12,14-15H,4-6,9,11,13,16H2,1-3H3. The van der Waals surface area contributed by atoms with E-state index in [1.807, 2.05) is 45.0 Å². The quantitative estimate of drug-likeness (QED) is 0.563. The molecule has 3 rings (SSSR count). The third kappa shape index (κ3) is 5.29. The maximum absolute atomic E-state index is 12.8. The largest absolute Gasteiger partial charge is 0.490 e. The van der Waals surface area contributed by atoms with Crippen LogP contribution < -0.4 is 19.1 Å². The van der Waals surface area contributed by atoms with Crippen molar-refractivity contribution in [2.45, 2.75) is 33.6 Å². The minimum Gasteiger partial charge on any atom is -0.490 e. The van der Waals surface area contributed by atoms with Crippen molar-refractivity contribution in [2.75, 3.05) is 37.9 Å². The van der Waals surface area contributed by atoms with Gasteiger partial charge in [-0.1, -0.05) is 18.2 Å². The van der Waals surface area contributed by atoms with E-state index in [1.54, 1.807) is 17.0 Å². The minimum absolute atomic E-state index is 0.238. The fraction of sp³-hybridized carbons (Fsp3) is 0.417. The highest BCUT2D eigenvalue weighted by atomic mass is 16.5. The molecule has 2 aromatic carbocycles. The molecule has 7 heteroatoms. The molecule has 7 nitrogen and oxygen atoms in total. The summed E-state index contributed by atoms with van der Waals surface area (Å²) in [6.07, 6.45) is 1.82. The zero-order valence-corrected chi connectivity index (χ0v) is 18.3. The number of amides is 1. The molecule has 0 aromatic heterocycles. The number of hydrogen-bond acceptors (Lipinski definition) is 6. The van der Waals surface area contributed by atoms with Crippen LogP contribution in [0.4, 0.5) is 5.69 Å². The smallest absolute Gasteiger partial charge is 0.338 e. The van der Waals surface area contributed by atoms with E-state index in [-0.39, 0.29) is 18.1 Å². The third-order valence-corrected chi connectivity index (χ3v) is 4.88. The fourth-order valence-corrected chi connectivity index (χ4v) is 3.59. The van der Waals surface area contributed by atoms with Gasteiger partial charge in [-0.3, -0.25) is 4.79 Å². The van der Waals surface area contributed by atoms with Crippen LogP contribution in [0, 0.1) is 0 Å². The van der Waals surface area contributed by atoms with E-state index < -0.39 is 5.97 Å². The van der Waals surface area contributed by atoms with Gasteiger partial charge in [-0.05, 0) is 57.4 Å². The molecule has 1 amide bonds. The minimum atomic E-state index is -0.622. The lowest BCUT2D eigenvalue weighted by Crippen LogP contribution is -2.38. The zero-order valence-electron chi connectivity index (χ0n) is 18.3. The molecule has 0 spiro atoms. The SMILES string of the molecule is CCOc1cc(C(=O)OCC(=O)N2CCCc3ccccc32)cc(OCC)c1OCC. The molecule has 1 aliphatic heterocycles. The number of hydrogen-bond donors (Lipinski definition) is 0. The lowest BCUT2D eigenvalue weighted by Gasteiger charge is -2.29. The first-order valence-corrected chi connectivity index (χ1v) is 10.7. The second-order valence-electron chi connectivity index (χ2n) is 6.95. The van der Waals surface area contributed by atoms with Crippen molar-refractivity contribution in [2.24, 2.45) is 0 Å². The van der Waals surface area contributed by atoms with Gasteiger partial charge in [0.25, 0.3) is 5.91 Å². The summed E-state index contributed by atoms with van der Waals surface area (Å²) in [5.74, 6) is 0.380. The molecule has 0 unspecified atom stereocenters. The monoisotopic (exact) mass is 427 g/mol. The van der Waals surface area contributed by atoms with E-state index in [4.69, 9.17) is 18.9 Å². The van der Waals surface area contributed by atoms with E-state index in [9.17, 15) is 9.59 Å². The highest BCUT2D eigenvalue weighted by Gasteiger charge is 2.24. The topological polar surface area (TPSA) is 74.3 Å². The van der Waals surface area contributed by atoms with E-state index in [0.29, 0.717) is 43.6 Å². The second kappa shape index (κ2) is 10.7. The van der Waals surface area contributed by atoms with Gasteiger partial charge in [0.1, 0.15) is 0 Å². The summed E-state index contributed by atoms with van der Waals surface area (Å²) in [5.41, 5.74) is 2.25. The molecule has 0 aliphatic carbocycles. The average molecular weight is 427 g/mol. The van der Waals surface area contributed by atoms with E-state index in [0.717, 1.165) is 24.1 Å². The van der Waals surface area contributed by atoms with Gasteiger partial charge in [-0.25, -0.2) is 4.79 Å². The van der Waals surface area contributed by atoms with Crippen molar-refractivity contribution in [3.63, 3.8) is 0 Å². The fourth-order valence-electron chi connectivity index (χ4n) is 3.59. The van der Waals surface area contributed by atoms with Crippen LogP contribution >= 0.6 is 0 Å². The van der Waals surface area contributed by atoms with Gasteiger partial charge in [0.05, 0.1) is 25.4 Å². The molecule has 0 N–H and O–H groups in total. The molecule has 166 valence electrons. The summed E-state index contributed by atoms with van der Waals surface area (Å²) in [6.45, 7) is 7.04. The number of anilines is 1. The molecule has 31 heavy (non-hydrogen) atoms. The van der Waals surface area contributed by atoms with Crippen LogP contribution in [0.3, 0.4) is 0 Å². The van der Waals surface area contributed by atoms with Crippen LogP contribution in [0.15, 0.2) is 36.4 Å². The number of fused-ring (bicyclic) bond motifs is 1. The highest BCUT2D eigenvalue weighted by Crippen LogP contribution is 2.39. The number of carbonyl (C=O) groups is 2. The molecular weight excluding hydrogens is 398 g/mol. The number of carbonyl (C=O) groups excluding carboxylic acids is 2. The number of rotatable bonds is 9. The van der Waals surface area contributed by atoms with Crippen molar-refractivity contribution < 1.29 is 28.5 Å². The Hall–Kier alpha value is -3.22. The van der Waals surface area contributed by atoms with Crippen molar-refractivity contribution in [1.29, 1.82) is 0 Å². The first-order valence-electron chi connectivity index (χ1n) is 10.7. The number of ether oxygens (including phenoxy) is 4. The molecule has 0 fully saturated rings. The normalized spacial score (nSPS) is 12.7. The van der Waals surface area contributed by atoms with Crippen LogP contribution in [0.25, 0.3) is 0 Å². The third-order valence-electron chi connectivity index (χ3n) is 4.88. The Labute approximate surface area is 182 Å². The van der Waals surface area contributed by atoms with Crippen LogP contribution in [-0.4, -0.2) is 44.8 Å². The van der Waals surface area contributed by atoms with Gasteiger partial charge in [-0.2, -0.15) is 0 Å². The zero-order chi connectivity index (χ0) is 22.2. The Balaban J connectivity index is 1.75. The van der Waals surface area contributed by atoms with Crippen LogP contribution in [-0.2, 0) is 16.0 Å². The average Bonchev–Trinajstić information content (AvgIpc) is 2.79. The first kappa shape index (κ1) is 22.5. The molecule has 0 saturated heterocycles. The van der Waals surface area contributed by atoms with Gasteiger partial charge in [0, 0.05) is 12.2 Å². The number of aryl methyl sites for hydroxylation is 1. The Kier molecular flexibility index (Phi) is 7.76. The molecule has 2 aromatic rings. The van der Waals surface area contributed by atoms with Crippen molar-refractivity contribution >= 4 is 17.6 Å². The van der Waals surface area contributed by atoms with Crippen molar-refractivity contribution in [1.82, 2.24) is 0 Å². The van der Waals surface area contributed by atoms with Gasteiger partial charge < -0.3 is 23.8 Å². The van der Waals surface area contributed by atoms with E-state index in [1.165, 1.54) is 0 Å². The van der Waals surface area contributed by atoms with Gasteiger partial charge >= 0.3 is 5.97 Å². The predicted octanol–water partition coefficient (Wildman–Crippen LogP) is 4.02. The first-order chi connectivity index (χ1) is 15.1. The summed E-state index contributed by atoms with van der Waals surface area (Å²) >= 11 is 0. The lowest BCUT2D eigenvalue weighted by molar-refractivity contribution is -0.121. The van der Waals surface area contributed by atoms with E-state index in [2.05, 4.69) is 0 Å². The Morgan fingerprint density at radius 1 is 0.935 bits per heavy atom. The molecule has 1 aliphatic rings. The number of benzene rings is 2. The highest BCUT2D eigenvalue weighted by molar-refractivity contribution is 5.98.